The van der Waals surface area contributed by atoms with E-state index in [0.717, 1.165) is 5.56 Å². The quantitative estimate of drug-likeness (QED) is 0.842. The van der Waals surface area contributed by atoms with Crippen molar-refractivity contribution in [1.82, 2.24) is 5.32 Å². The van der Waals surface area contributed by atoms with Gasteiger partial charge in [0.05, 0.1) is 6.61 Å². The Kier molecular flexibility index (Phi) is 5.20. The second-order valence-corrected chi connectivity index (χ2v) is 5.76. The predicted octanol–water partition coefficient (Wildman–Crippen LogP) is 3.89. The van der Waals surface area contributed by atoms with Crippen LogP contribution in [-0.4, -0.2) is 12.6 Å². The third-order valence-electron chi connectivity index (χ3n) is 3.66. The molecular formula is C16H24FNO. The largest absolute Gasteiger partial charge is 0.490 e. The zero-order valence-corrected chi connectivity index (χ0v) is 11.9. The van der Waals surface area contributed by atoms with Gasteiger partial charge in [0.1, 0.15) is 0 Å². The van der Waals surface area contributed by atoms with Crippen LogP contribution in [0, 0.1) is 11.7 Å². The minimum absolute atomic E-state index is 0.249. The number of nitrogens with one attached hydrogen (secondary N) is 1. The van der Waals surface area contributed by atoms with Crippen LogP contribution in [0.2, 0.25) is 0 Å². The van der Waals surface area contributed by atoms with E-state index in [2.05, 4.69) is 19.2 Å². The predicted molar refractivity (Wildman–Crippen MR) is 75.8 cm³/mol. The molecule has 1 aliphatic rings. The lowest BCUT2D eigenvalue weighted by Gasteiger charge is -2.13. The number of rotatable bonds is 6. The molecule has 0 amide bonds. The van der Waals surface area contributed by atoms with Crippen molar-refractivity contribution in [3.05, 3.63) is 29.6 Å². The van der Waals surface area contributed by atoms with Gasteiger partial charge in [0.2, 0.25) is 0 Å². The number of hydrogen-bond acceptors (Lipinski definition) is 2. The zero-order chi connectivity index (χ0) is 13.7. The molecule has 1 fully saturated rings. The topological polar surface area (TPSA) is 21.3 Å². The second-order valence-electron chi connectivity index (χ2n) is 5.76. The first-order chi connectivity index (χ1) is 9.15. The molecule has 19 heavy (non-hydrogen) atoms. The average molecular weight is 265 g/mol. The molecule has 2 rings (SSSR count). The SMILES string of the molecule is CC(C)NCc1ccc(OCC2CCCC2)c(F)c1. The maximum absolute atomic E-state index is 13.9. The van der Waals surface area contributed by atoms with Gasteiger partial charge in [-0.1, -0.05) is 32.8 Å². The van der Waals surface area contributed by atoms with Gasteiger partial charge in [-0.05, 0) is 36.5 Å². The summed E-state index contributed by atoms with van der Waals surface area (Å²) in [5.41, 5.74) is 0.958. The Morgan fingerprint density at radius 3 is 2.68 bits per heavy atom. The standard InChI is InChI=1S/C16H24FNO/c1-12(2)18-10-14-7-8-16(15(17)9-14)19-11-13-5-3-4-6-13/h7-9,12-13,18H,3-6,10-11H2,1-2H3. The number of hydrogen-bond donors (Lipinski definition) is 1. The van der Waals surface area contributed by atoms with Crippen LogP contribution in [0.5, 0.6) is 5.75 Å². The molecule has 0 aliphatic heterocycles. The van der Waals surface area contributed by atoms with E-state index in [4.69, 9.17) is 4.74 Å². The molecular weight excluding hydrogens is 241 g/mol. The van der Waals surface area contributed by atoms with Crippen molar-refractivity contribution in [3.8, 4) is 5.75 Å². The number of ether oxygens (including phenoxy) is 1. The summed E-state index contributed by atoms with van der Waals surface area (Å²) in [5, 5.41) is 3.28. The molecule has 0 heterocycles. The molecule has 0 unspecified atom stereocenters. The molecule has 0 spiro atoms. The van der Waals surface area contributed by atoms with Crippen molar-refractivity contribution in [2.45, 2.75) is 52.1 Å². The molecule has 0 saturated heterocycles. The van der Waals surface area contributed by atoms with E-state index >= 15 is 0 Å². The normalized spacial score (nSPS) is 16.2. The first kappa shape index (κ1) is 14.3. The van der Waals surface area contributed by atoms with E-state index in [1.807, 2.05) is 6.07 Å². The van der Waals surface area contributed by atoms with Gasteiger partial charge in [0, 0.05) is 12.6 Å². The summed E-state index contributed by atoms with van der Waals surface area (Å²) in [6.45, 7) is 5.50. The number of halogens is 1. The number of benzene rings is 1. The fraction of sp³-hybridized carbons (Fsp3) is 0.625. The van der Waals surface area contributed by atoms with Gasteiger partial charge in [-0.25, -0.2) is 4.39 Å². The van der Waals surface area contributed by atoms with Gasteiger partial charge in [0.25, 0.3) is 0 Å². The van der Waals surface area contributed by atoms with E-state index < -0.39 is 0 Å². The second kappa shape index (κ2) is 6.90. The summed E-state index contributed by atoms with van der Waals surface area (Å²) in [7, 11) is 0. The van der Waals surface area contributed by atoms with Gasteiger partial charge in [-0.2, -0.15) is 0 Å². The van der Waals surface area contributed by atoms with Crippen LogP contribution in [0.4, 0.5) is 4.39 Å². The van der Waals surface area contributed by atoms with Crippen LogP contribution in [0.25, 0.3) is 0 Å². The Labute approximate surface area is 115 Å². The summed E-state index contributed by atoms with van der Waals surface area (Å²) >= 11 is 0. The molecule has 1 aliphatic carbocycles. The summed E-state index contributed by atoms with van der Waals surface area (Å²) in [6.07, 6.45) is 5.02. The summed E-state index contributed by atoms with van der Waals surface area (Å²) in [4.78, 5) is 0. The van der Waals surface area contributed by atoms with E-state index in [-0.39, 0.29) is 5.82 Å². The van der Waals surface area contributed by atoms with Gasteiger partial charge in [0.15, 0.2) is 11.6 Å². The molecule has 0 atom stereocenters. The summed E-state index contributed by atoms with van der Waals surface area (Å²) < 4.78 is 19.5. The molecule has 2 nitrogen and oxygen atoms in total. The molecule has 1 aromatic rings. The third-order valence-corrected chi connectivity index (χ3v) is 3.66. The molecule has 0 radical (unpaired) electrons. The van der Waals surface area contributed by atoms with Crippen LogP contribution >= 0.6 is 0 Å². The highest BCUT2D eigenvalue weighted by Crippen LogP contribution is 2.26. The van der Waals surface area contributed by atoms with E-state index in [1.54, 1.807) is 12.1 Å². The van der Waals surface area contributed by atoms with Crippen molar-refractivity contribution in [1.29, 1.82) is 0 Å². The maximum Gasteiger partial charge on any atom is 0.165 e. The Hall–Kier alpha value is -1.09. The maximum atomic E-state index is 13.9. The fourth-order valence-electron chi connectivity index (χ4n) is 2.48. The van der Waals surface area contributed by atoms with Crippen LogP contribution < -0.4 is 10.1 Å². The van der Waals surface area contributed by atoms with Crippen LogP contribution in [0.1, 0.15) is 45.1 Å². The van der Waals surface area contributed by atoms with Gasteiger partial charge in [-0.15, -0.1) is 0 Å². The van der Waals surface area contributed by atoms with Crippen LogP contribution in [0.15, 0.2) is 18.2 Å². The third kappa shape index (κ3) is 4.50. The van der Waals surface area contributed by atoms with Gasteiger partial charge in [-0.3, -0.25) is 0 Å². The highest BCUT2D eigenvalue weighted by molar-refractivity contribution is 5.29. The van der Waals surface area contributed by atoms with Crippen molar-refractivity contribution in [3.63, 3.8) is 0 Å². The molecule has 1 saturated carbocycles. The average Bonchev–Trinajstić information content (AvgIpc) is 2.88. The molecule has 1 N–H and O–H groups in total. The molecule has 0 aromatic heterocycles. The highest BCUT2D eigenvalue weighted by Gasteiger charge is 2.16. The summed E-state index contributed by atoms with van der Waals surface area (Å²) in [5.74, 6) is 0.753. The van der Waals surface area contributed by atoms with Crippen LogP contribution in [0.3, 0.4) is 0 Å². The molecule has 1 aromatic carbocycles. The molecule has 0 bridgehead atoms. The van der Waals surface area contributed by atoms with Crippen molar-refractivity contribution in [2.24, 2.45) is 5.92 Å². The lowest BCUT2D eigenvalue weighted by atomic mass is 10.1. The minimum Gasteiger partial charge on any atom is -0.490 e. The van der Waals surface area contributed by atoms with Gasteiger partial charge >= 0.3 is 0 Å². The molecule has 106 valence electrons. The minimum atomic E-state index is -0.249. The zero-order valence-electron chi connectivity index (χ0n) is 11.9. The van der Waals surface area contributed by atoms with E-state index in [9.17, 15) is 4.39 Å². The van der Waals surface area contributed by atoms with E-state index in [0.29, 0.717) is 30.9 Å². The Balaban J connectivity index is 1.87. The first-order valence-electron chi connectivity index (χ1n) is 7.30. The van der Waals surface area contributed by atoms with Crippen molar-refractivity contribution in [2.75, 3.05) is 6.61 Å². The van der Waals surface area contributed by atoms with Gasteiger partial charge < -0.3 is 10.1 Å². The van der Waals surface area contributed by atoms with Crippen LogP contribution in [-0.2, 0) is 6.54 Å². The lowest BCUT2D eigenvalue weighted by molar-refractivity contribution is 0.242. The monoisotopic (exact) mass is 265 g/mol. The Morgan fingerprint density at radius 2 is 2.05 bits per heavy atom. The fourth-order valence-corrected chi connectivity index (χ4v) is 2.48. The van der Waals surface area contributed by atoms with Crippen molar-refractivity contribution >= 4 is 0 Å². The highest BCUT2D eigenvalue weighted by atomic mass is 19.1. The Morgan fingerprint density at radius 1 is 1.32 bits per heavy atom. The molecule has 3 heteroatoms. The summed E-state index contributed by atoms with van der Waals surface area (Å²) in [6, 6.07) is 5.66. The first-order valence-corrected chi connectivity index (χ1v) is 7.30. The Bertz CT molecular complexity index is 400. The van der Waals surface area contributed by atoms with Crippen molar-refractivity contribution < 1.29 is 9.13 Å². The van der Waals surface area contributed by atoms with E-state index in [1.165, 1.54) is 25.7 Å². The smallest absolute Gasteiger partial charge is 0.165 e. The lowest BCUT2D eigenvalue weighted by Crippen LogP contribution is -2.21.